The van der Waals surface area contributed by atoms with Crippen LogP contribution in [0.4, 0.5) is 5.69 Å². The molecule has 19 heavy (non-hydrogen) atoms. The van der Waals surface area contributed by atoms with E-state index in [1.54, 1.807) is 11.3 Å². The summed E-state index contributed by atoms with van der Waals surface area (Å²) < 4.78 is 5.68. The zero-order chi connectivity index (χ0) is 13.1. The van der Waals surface area contributed by atoms with Crippen molar-refractivity contribution >= 4 is 22.9 Å². The molecule has 0 radical (unpaired) electrons. The molecule has 0 saturated heterocycles. The molecule has 1 N–H and O–H groups in total. The van der Waals surface area contributed by atoms with Gasteiger partial charge in [0.2, 0.25) is 5.91 Å². The average Bonchev–Trinajstić information content (AvgIpc) is 2.92. The molecular weight excluding hydrogens is 258 g/mol. The predicted octanol–water partition coefficient (Wildman–Crippen LogP) is 3.25. The molecule has 1 aliphatic rings. The van der Waals surface area contributed by atoms with Gasteiger partial charge in [-0.2, -0.15) is 0 Å². The van der Waals surface area contributed by atoms with Gasteiger partial charge in [-0.05, 0) is 35.9 Å². The van der Waals surface area contributed by atoms with Gasteiger partial charge in [0.15, 0.2) is 0 Å². The maximum Gasteiger partial charge on any atom is 0.229 e. The molecule has 1 amide bonds. The molecule has 1 aliphatic heterocycles. The summed E-state index contributed by atoms with van der Waals surface area (Å²) in [5.41, 5.74) is 1.97. The van der Waals surface area contributed by atoms with Crippen molar-refractivity contribution in [3.8, 4) is 5.75 Å². The summed E-state index contributed by atoms with van der Waals surface area (Å²) in [4.78, 5) is 13.1. The molecule has 4 heteroatoms. The number of thiophene rings is 1. The summed E-state index contributed by atoms with van der Waals surface area (Å²) in [5, 5.41) is 4.93. The Bertz CT molecular complexity index is 578. The van der Waals surface area contributed by atoms with Crippen LogP contribution in [0, 0.1) is 0 Å². The highest BCUT2D eigenvalue weighted by Gasteiger charge is 2.15. The average molecular weight is 273 g/mol. The smallest absolute Gasteiger partial charge is 0.229 e. The van der Waals surface area contributed by atoms with Gasteiger partial charge in [-0.15, -0.1) is 11.3 Å². The number of benzene rings is 1. The first-order valence-electron chi connectivity index (χ1n) is 6.40. The number of aryl methyl sites for hydroxylation is 1. The second-order valence-electron chi connectivity index (χ2n) is 4.55. The van der Waals surface area contributed by atoms with Crippen LogP contribution in [0.25, 0.3) is 0 Å². The molecule has 0 aliphatic carbocycles. The molecule has 0 unspecified atom stereocenters. The van der Waals surface area contributed by atoms with E-state index in [1.807, 2.05) is 29.6 Å². The summed E-state index contributed by atoms with van der Waals surface area (Å²) >= 11 is 1.60. The molecule has 0 fully saturated rings. The van der Waals surface area contributed by atoms with Crippen molar-refractivity contribution in [1.29, 1.82) is 0 Å². The van der Waals surface area contributed by atoms with Gasteiger partial charge in [-0.25, -0.2) is 0 Å². The predicted molar refractivity (Wildman–Crippen MR) is 76.9 cm³/mol. The number of amides is 1. The fourth-order valence-electron chi connectivity index (χ4n) is 2.25. The maximum absolute atomic E-state index is 12.0. The van der Waals surface area contributed by atoms with Gasteiger partial charge in [-0.1, -0.05) is 18.2 Å². The maximum atomic E-state index is 12.0. The third-order valence-corrected chi connectivity index (χ3v) is 4.00. The Balaban J connectivity index is 1.74. The van der Waals surface area contributed by atoms with Crippen LogP contribution in [0.15, 0.2) is 35.7 Å². The molecule has 1 aromatic heterocycles. The number of rotatable bonds is 3. The Labute approximate surface area is 116 Å². The van der Waals surface area contributed by atoms with Crippen molar-refractivity contribution < 1.29 is 9.53 Å². The molecule has 0 atom stereocenters. The fourth-order valence-corrected chi connectivity index (χ4v) is 2.96. The Morgan fingerprint density at radius 1 is 1.32 bits per heavy atom. The molecule has 0 saturated carbocycles. The van der Waals surface area contributed by atoms with Gasteiger partial charge in [0.05, 0.1) is 18.7 Å². The molecule has 2 aromatic rings. The van der Waals surface area contributed by atoms with Crippen LogP contribution >= 0.6 is 11.3 Å². The highest BCUT2D eigenvalue weighted by atomic mass is 32.1. The van der Waals surface area contributed by atoms with E-state index in [-0.39, 0.29) is 5.91 Å². The molecule has 98 valence electrons. The van der Waals surface area contributed by atoms with Gasteiger partial charge >= 0.3 is 0 Å². The molecule has 0 bridgehead atoms. The third kappa shape index (κ3) is 2.79. The summed E-state index contributed by atoms with van der Waals surface area (Å²) in [6.45, 7) is 0.727. The lowest BCUT2D eigenvalue weighted by Gasteiger charge is -2.20. The number of carbonyl (C=O) groups excluding carboxylic acids is 1. The van der Waals surface area contributed by atoms with Crippen LogP contribution in [-0.2, 0) is 17.6 Å². The lowest BCUT2D eigenvalue weighted by molar-refractivity contribution is -0.115. The minimum absolute atomic E-state index is 0.00465. The van der Waals surface area contributed by atoms with E-state index in [0.29, 0.717) is 6.42 Å². The normalized spacial score (nSPS) is 13.5. The number of hydrogen-bond acceptors (Lipinski definition) is 3. The molecule has 3 nitrogen and oxygen atoms in total. The zero-order valence-electron chi connectivity index (χ0n) is 10.5. The number of fused-ring (bicyclic) bond motifs is 1. The van der Waals surface area contributed by atoms with E-state index >= 15 is 0 Å². The van der Waals surface area contributed by atoms with Gasteiger partial charge in [0.1, 0.15) is 5.75 Å². The summed E-state index contributed by atoms with van der Waals surface area (Å²) in [5.74, 6) is 0.846. The van der Waals surface area contributed by atoms with Gasteiger partial charge in [0.25, 0.3) is 0 Å². The van der Waals surface area contributed by atoms with Gasteiger partial charge in [0, 0.05) is 4.88 Å². The van der Waals surface area contributed by atoms with Crippen molar-refractivity contribution in [3.05, 3.63) is 46.2 Å². The molecule has 3 rings (SSSR count). The summed E-state index contributed by atoms with van der Waals surface area (Å²) in [6.07, 6.45) is 2.48. The van der Waals surface area contributed by atoms with Crippen LogP contribution in [-0.4, -0.2) is 12.5 Å². The fraction of sp³-hybridized carbons (Fsp3) is 0.267. The Hall–Kier alpha value is -1.81. The quantitative estimate of drug-likeness (QED) is 0.932. The minimum Gasteiger partial charge on any atom is -0.491 e. The number of para-hydroxylation sites is 1. The number of hydrogen-bond donors (Lipinski definition) is 1. The molecule has 0 spiro atoms. The van der Waals surface area contributed by atoms with Crippen LogP contribution in [0.2, 0.25) is 0 Å². The molecular formula is C15H15NO2S. The van der Waals surface area contributed by atoms with E-state index in [1.165, 1.54) is 5.56 Å². The summed E-state index contributed by atoms with van der Waals surface area (Å²) in [7, 11) is 0. The lowest BCUT2D eigenvalue weighted by Crippen LogP contribution is -2.17. The molecule has 2 heterocycles. The van der Waals surface area contributed by atoms with Crippen molar-refractivity contribution in [1.82, 2.24) is 0 Å². The number of ether oxygens (including phenoxy) is 1. The van der Waals surface area contributed by atoms with E-state index in [9.17, 15) is 4.79 Å². The first kappa shape index (κ1) is 12.2. The van der Waals surface area contributed by atoms with E-state index in [0.717, 1.165) is 35.8 Å². The van der Waals surface area contributed by atoms with E-state index < -0.39 is 0 Å². The highest BCUT2D eigenvalue weighted by Crippen LogP contribution is 2.32. The summed E-state index contributed by atoms with van der Waals surface area (Å²) in [6, 6.07) is 9.86. The van der Waals surface area contributed by atoms with Gasteiger partial charge in [-0.3, -0.25) is 4.79 Å². The van der Waals surface area contributed by atoms with Crippen molar-refractivity contribution in [2.45, 2.75) is 19.3 Å². The minimum atomic E-state index is 0.00465. The Kier molecular flexibility index (Phi) is 3.51. The number of carbonyl (C=O) groups is 1. The largest absolute Gasteiger partial charge is 0.491 e. The van der Waals surface area contributed by atoms with E-state index in [4.69, 9.17) is 4.74 Å². The standard InChI is InChI=1S/C15H15NO2S/c17-14(10-12-6-3-9-19-12)16-13-7-1-4-11-5-2-8-18-15(11)13/h1,3-4,6-7,9H,2,5,8,10H2,(H,16,17). The van der Waals surface area contributed by atoms with Crippen LogP contribution in [0.1, 0.15) is 16.9 Å². The Morgan fingerprint density at radius 3 is 3.11 bits per heavy atom. The van der Waals surface area contributed by atoms with Crippen molar-refractivity contribution in [3.63, 3.8) is 0 Å². The lowest BCUT2D eigenvalue weighted by atomic mass is 10.1. The topological polar surface area (TPSA) is 38.3 Å². The van der Waals surface area contributed by atoms with Crippen molar-refractivity contribution in [2.24, 2.45) is 0 Å². The third-order valence-electron chi connectivity index (χ3n) is 3.12. The van der Waals surface area contributed by atoms with Crippen LogP contribution in [0.5, 0.6) is 5.75 Å². The van der Waals surface area contributed by atoms with Crippen molar-refractivity contribution in [2.75, 3.05) is 11.9 Å². The zero-order valence-corrected chi connectivity index (χ0v) is 11.3. The molecule has 1 aromatic carbocycles. The monoisotopic (exact) mass is 273 g/mol. The van der Waals surface area contributed by atoms with Crippen LogP contribution < -0.4 is 10.1 Å². The second-order valence-corrected chi connectivity index (χ2v) is 5.58. The van der Waals surface area contributed by atoms with Gasteiger partial charge < -0.3 is 10.1 Å². The first-order chi connectivity index (χ1) is 9.33. The Morgan fingerprint density at radius 2 is 2.26 bits per heavy atom. The SMILES string of the molecule is O=C(Cc1cccs1)Nc1cccc2c1OCCC2. The van der Waals surface area contributed by atoms with E-state index in [2.05, 4.69) is 11.4 Å². The first-order valence-corrected chi connectivity index (χ1v) is 7.28. The number of nitrogens with one attached hydrogen (secondary N) is 1. The highest BCUT2D eigenvalue weighted by molar-refractivity contribution is 7.10. The van der Waals surface area contributed by atoms with Crippen LogP contribution in [0.3, 0.4) is 0 Å². The second kappa shape index (κ2) is 5.45. The number of anilines is 1.